The Morgan fingerprint density at radius 3 is 1.96 bits per heavy atom. The molecule has 2 aromatic carbocycles. The number of rotatable bonds is 5. The van der Waals surface area contributed by atoms with Crippen LogP contribution in [0.15, 0.2) is 91.9 Å². The van der Waals surface area contributed by atoms with Gasteiger partial charge in [0.25, 0.3) is 0 Å². The first-order valence-electron chi connectivity index (χ1n) is 7.64. The molecule has 0 aliphatic rings. The Balaban J connectivity index is 0.000000203. The molecule has 116 valence electrons. The number of aromatic nitrogens is 2. The number of hydrogen-bond donors (Lipinski definition) is 1. The molecular formula is C19H21BN2O. The number of benzene rings is 2. The van der Waals surface area contributed by atoms with Crippen molar-refractivity contribution < 1.29 is 5.11 Å². The van der Waals surface area contributed by atoms with Crippen LogP contribution in [0.1, 0.15) is 0 Å². The quantitative estimate of drug-likeness (QED) is 0.731. The molecule has 0 saturated carbocycles. The maximum absolute atomic E-state index is 8.39. The van der Waals surface area contributed by atoms with Crippen LogP contribution in [0.4, 0.5) is 0 Å². The standard InChI is InChI=1S/C14H13B.C5H8N2O/c1-2-15(13-9-5-3-6-10-13)14-11-7-4-8-12-14;8-4-3-7-2-1-6-5-7/h2-12H,1H2;1-2,5,8H,3-4H2. The van der Waals surface area contributed by atoms with Crippen LogP contribution in [0.3, 0.4) is 0 Å². The summed E-state index contributed by atoms with van der Waals surface area (Å²) in [7, 11) is 0. The lowest BCUT2D eigenvalue weighted by molar-refractivity contribution is 0.276. The molecule has 0 spiro atoms. The highest BCUT2D eigenvalue weighted by Crippen LogP contribution is 1.93. The third-order valence-corrected chi connectivity index (χ3v) is 3.47. The summed E-state index contributed by atoms with van der Waals surface area (Å²) in [4.78, 5) is 3.79. The van der Waals surface area contributed by atoms with Gasteiger partial charge in [0, 0.05) is 18.9 Å². The summed E-state index contributed by atoms with van der Waals surface area (Å²) in [5, 5.41) is 8.39. The minimum Gasteiger partial charge on any atom is -0.395 e. The van der Waals surface area contributed by atoms with Crippen molar-refractivity contribution >= 4 is 17.6 Å². The smallest absolute Gasteiger partial charge is 0.233 e. The van der Waals surface area contributed by atoms with E-state index >= 15 is 0 Å². The molecular weight excluding hydrogens is 283 g/mol. The van der Waals surface area contributed by atoms with Gasteiger partial charge >= 0.3 is 0 Å². The lowest BCUT2D eigenvalue weighted by Crippen LogP contribution is -2.40. The van der Waals surface area contributed by atoms with Crippen LogP contribution < -0.4 is 10.9 Å². The SMILES string of the molecule is C=CB(c1ccccc1)c1ccccc1.OCCn1ccnc1. The van der Waals surface area contributed by atoms with Crippen molar-refractivity contribution in [2.75, 3.05) is 6.61 Å². The van der Waals surface area contributed by atoms with Gasteiger partial charge in [-0.05, 0) is 0 Å². The van der Waals surface area contributed by atoms with Gasteiger partial charge in [0.2, 0.25) is 6.71 Å². The van der Waals surface area contributed by atoms with Crippen LogP contribution in [0.25, 0.3) is 0 Å². The summed E-state index contributed by atoms with van der Waals surface area (Å²) in [6.45, 7) is 5.03. The highest BCUT2D eigenvalue weighted by Gasteiger charge is 2.13. The molecule has 0 aliphatic heterocycles. The summed E-state index contributed by atoms with van der Waals surface area (Å²) in [5.41, 5.74) is 2.58. The Morgan fingerprint density at radius 1 is 1.00 bits per heavy atom. The third-order valence-electron chi connectivity index (χ3n) is 3.47. The highest BCUT2D eigenvalue weighted by molar-refractivity contribution is 6.89. The first kappa shape index (κ1) is 16.8. The van der Waals surface area contributed by atoms with Crippen LogP contribution in [0, 0.1) is 0 Å². The molecule has 0 atom stereocenters. The van der Waals surface area contributed by atoms with Crippen molar-refractivity contribution in [2.24, 2.45) is 0 Å². The van der Waals surface area contributed by atoms with Gasteiger partial charge in [0.1, 0.15) is 0 Å². The molecule has 1 N–H and O–H groups in total. The largest absolute Gasteiger partial charge is 0.395 e. The van der Waals surface area contributed by atoms with Crippen molar-refractivity contribution in [3.05, 3.63) is 91.9 Å². The summed E-state index contributed by atoms with van der Waals surface area (Å²) in [6.07, 6.45) is 5.18. The molecule has 0 fully saturated rings. The Bertz CT molecular complexity index is 630. The third kappa shape index (κ3) is 5.27. The lowest BCUT2D eigenvalue weighted by Gasteiger charge is -2.09. The van der Waals surface area contributed by atoms with E-state index in [9.17, 15) is 0 Å². The topological polar surface area (TPSA) is 38.0 Å². The van der Waals surface area contributed by atoms with E-state index in [1.54, 1.807) is 12.5 Å². The van der Waals surface area contributed by atoms with Gasteiger partial charge in [-0.25, -0.2) is 4.98 Å². The van der Waals surface area contributed by atoms with Gasteiger partial charge in [0.05, 0.1) is 12.9 Å². The Morgan fingerprint density at radius 2 is 1.57 bits per heavy atom. The number of nitrogens with zero attached hydrogens (tertiary/aromatic N) is 2. The van der Waals surface area contributed by atoms with E-state index in [1.165, 1.54) is 10.9 Å². The fourth-order valence-electron chi connectivity index (χ4n) is 2.32. The van der Waals surface area contributed by atoms with Crippen LogP contribution in [0.2, 0.25) is 0 Å². The molecule has 3 rings (SSSR count). The van der Waals surface area contributed by atoms with Gasteiger partial charge in [-0.2, -0.15) is 0 Å². The van der Waals surface area contributed by atoms with Crippen molar-refractivity contribution in [3.8, 4) is 0 Å². The Hall–Kier alpha value is -2.59. The lowest BCUT2D eigenvalue weighted by atomic mass is 9.41. The second-order valence-corrected chi connectivity index (χ2v) is 5.06. The molecule has 1 heterocycles. The zero-order valence-corrected chi connectivity index (χ0v) is 13.1. The van der Waals surface area contributed by atoms with Crippen molar-refractivity contribution in [1.29, 1.82) is 0 Å². The fraction of sp³-hybridized carbons (Fsp3) is 0.105. The highest BCUT2D eigenvalue weighted by atomic mass is 16.3. The van der Waals surface area contributed by atoms with Crippen LogP contribution in [-0.2, 0) is 6.54 Å². The molecule has 3 nitrogen and oxygen atoms in total. The van der Waals surface area contributed by atoms with E-state index in [-0.39, 0.29) is 6.61 Å². The first-order valence-corrected chi connectivity index (χ1v) is 7.64. The zero-order valence-electron chi connectivity index (χ0n) is 13.1. The van der Waals surface area contributed by atoms with Gasteiger partial charge in [-0.15, -0.1) is 12.6 Å². The van der Waals surface area contributed by atoms with E-state index in [1.807, 2.05) is 28.9 Å². The zero-order chi connectivity index (χ0) is 16.3. The van der Waals surface area contributed by atoms with Crippen molar-refractivity contribution in [2.45, 2.75) is 6.54 Å². The number of aliphatic hydroxyl groups is 1. The number of hydrogen-bond acceptors (Lipinski definition) is 2. The molecule has 0 bridgehead atoms. The minimum absolute atomic E-state index is 0.177. The number of aliphatic hydroxyl groups excluding tert-OH is 1. The second kappa shape index (κ2) is 9.44. The fourth-order valence-corrected chi connectivity index (χ4v) is 2.32. The summed E-state index contributed by atoms with van der Waals surface area (Å²) in [6, 6.07) is 20.9. The molecule has 0 aliphatic carbocycles. The van der Waals surface area contributed by atoms with Gasteiger partial charge in [-0.1, -0.05) is 71.6 Å². The average Bonchev–Trinajstić information content (AvgIpc) is 3.12. The molecule has 1 aromatic heterocycles. The molecule has 0 saturated heterocycles. The molecule has 23 heavy (non-hydrogen) atoms. The monoisotopic (exact) mass is 304 g/mol. The van der Waals surface area contributed by atoms with Crippen molar-refractivity contribution in [3.63, 3.8) is 0 Å². The maximum Gasteiger partial charge on any atom is 0.233 e. The van der Waals surface area contributed by atoms with Crippen molar-refractivity contribution in [1.82, 2.24) is 9.55 Å². The molecule has 3 aromatic rings. The minimum atomic E-state index is 0.177. The molecule has 0 radical (unpaired) electrons. The predicted octanol–water partition coefficient (Wildman–Crippen LogP) is 1.90. The van der Waals surface area contributed by atoms with Gasteiger partial charge in [-0.3, -0.25) is 0 Å². The number of imidazole rings is 1. The van der Waals surface area contributed by atoms with E-state index in [4.69, 9.17) is 5.11 Å². The Labute approximate surface area is 138 Å². The van der Waals surface area contributed by atoms with Gasteiger partial charge < -0.3 is 9.67 Å². The van der Waals surface area contributed by atoms with E-state index in [0.717, 1.165) is 0 Å². The summed E-state index contributed by atoms with van der Waals surface area (Å²) < 4.78 is 1.82. The predicted molar refractivity (Wildman–Crippen MR) is 97.4 cm³/mol. The second-order valence-electron chi connectivity index (χ2n) is 5.06. The van der Waals surface area contributed by atoms with Crippen LogP contribution >= 0.6 is 0 Å². The first-order chi connectivity index (χ1) is 11.3. The maximum atomic E-state index is 8.39. The van der Waals surface area contributed by atoms with Crippen LogP contribution in [0.5, 0.6) is 0 Å². The Kier molecular flexibility index (Phi) is 6.88. The van der Waals surface area contributed by atoms with E-state index < -0.39 is 0 Å². The normalized spacial score (nSPS) is 9.61. The summed E-state index contributed by atoms with van der Waals surface area (Å²) in [5.74, 6) is 1.99. The average molecular weight is 304 g/mol. The molecule has 0 unspecified atom stereocenters. The van der Waals surface area contributed by atoms with E-state index in [2.05, 4.69) is 60.1 Å². The van der Waals surface area contributed by atoms with Crippen LogP contribution in [-0.4, -0.2) is 28.0 Å². The molecule has 4 heteroatoms. The van der Waals surface area contributed by atoms with E-state index in [0.29, 0.717) is 13.3 Å². The van der Waals surface area contributed by atoms with Gasteiger partial charge in [0.15, 0.2) is 0 Å². The molecule has 0 amide bonds. The summed E-state index contributed by atoms with van der Waals surface area (Å²) >= 11 is 0.